The van der Waals surface area contributed by atoms with E-state index < -0.39 is 11.9 Å². The Morgan fingerprint density at radius 2 is 1.71 bits per heavy atom. The van der Waals surface area contributed by atoms with Gasteiger partial charge in [0, 0.05) is 23.8 Å². The number of ether oxygens (including phenoxy) is 3. The van der Waals surface area contributed by atoms with Crippen molar-refractivity contribution in [2.45, 2.75) is 19.1 Å². The summed E-state index contributed by atoms with van der Waals surface area (Å²) in [4.78, 5) is 38.4. The number of benzene rings is 2. The van der Waals surface area contributed by atoms with E-state index in [4.69, 9.17) is 14.2 Å². The van der Waals surface area contributed by atoms with Crippen LogP contribution in [0, 0.1) is 0 Å². The van der Waals surface area contributed by atoms with Crippen LogP contribution in [-0.2, 0) is 17.9 Å². The first kappa shape index (κ1) is 26.6. The van der Waals surface area contributed by atoms with Gasteiger partial charge in [-0.2, -0.15) is 0 Å². The second kappa shape index (κ2) is 12.7. The number of hydrogen-bond acceptors (Lipinski definition) is 8. The highest BCUT2D eigenvalue weighted by molar-refractivity contribution is 7.09. The monoisotopic (exact) mass is 532 g/mol. The van der Waals surface area contributed by atoms with Crippen LogP contribution < -0.4 is 19.5 Å². The molecule has 9 nitrogen and oxygen atoms in total. The largest absolute Gasteiger partial charge is 0.493 e. The molecule has 1 atom stereocenters. The SMILES string of the molecule is COc1cc([C@H](C(=O)NCc2ccccc2)N(Cc2cccs2)C(=O)c2cnccn2)cc(OC)c1OC. The van der Waals surface area contributed by atoms with Crippen molar-refractivity contribution in [3.63, 3.8) is 0 Å². The standard InChI is InChI=1S/C28H28N4O5S/c1-35-23-14-20(15-24(36-2)26(23)37-3)25(27(33)31-16-19-8-5-4-6-9-19)32(18-21-10-7-13-38-21)28(34)22-17-29-11-12-30-22/h4-15,17,25H,16,18H2,1-3H3,(H,31,33)/t25-/m1/s1. The lowest BCUT2D eigenvalue weighted by Crippen LogP contribution is -2.43. The molecule has 0 fully saturated rings. The first-order valence-corrected chi connectivity index (χ1v) is 12.6. The normalized spacial score (nSPS) is 11.3. The molecule has 38 heavy (non-hydrogen) atoms. The van der Waals surface area contributed by atoms with Crippen LogP contribution in [0.2, 0.25) is 0 Å². The number of nitrogens with zero attached hydrogens (tertiary/aromatic N) is 3. The topological polar surface area (TPSA) is 103 Å². The number of nitrogens with one attached hydrogen (secondary N) is 1. The third-order valence-electron chi connectivity index (χ3n) is 5.82. The summed E-state index contributed by atoms with van der Waals surface area (Å²) in [7, 11) is 4.50. The average molecular weight is 533 g/mol. The fraction of sp³-hybridized carbons (Fsp3) is 0.214. The Morgan fingerprint density at radius 3 is 2.29 bits per heavy atom. The zero-order chi connectivity index (χ0) is 26.9. The second-order valence-corrected chi connectivity index (χ2v) is 9.20. The maximum atomic E-state index is 13.9. The molecule has 0 saturated heterocycles. The van der Waals surface area contributed by atoms with Crippen molar-refractivity contribution in [3.05, 3.63) is 100 Å². The molecular weight excluding hydrogens is 504 g/mol. The van der Waals surface area contributed by atoms with E-state index >= 15 is 0 Å². The summed E-state index contributed by atoms with van der Waals surface area (Å²) >= 11 is 1.49. The number of aromatic nitrogens is 2. The lowest BCUT2D eigenvalue weighted by Gasteiger charge is -2.31. The van der Waals surface area contributed by atoms with Gasteiger partial charge in [0.1, 0.15) is 11.7 Å². The Hall–Kier alpha value is -4.44. The van der Waals surface area contributed by atoms with Gasteiger partial charge in [-0.1, -0.05) is 36.4 Å². The van der Waals surface area contributed by atoms with Crippen molar-refractivity contribution in [1.82, 2.24) is 20.2 Å². The Bertz CT molecular complexity index is 1330. The van der Waals surface area contributed by atoms with Gasteiger partial charge in [0.2, 0.25) is 11.7 Å². The van der Waals surface area contributed by atoms with Gasteiger partial charge in [0.05, 0.1) is 34.1 Å². The molecule has 0 saturated carbocycles. The highest BCUT2D eigenvalue weighted by Gasteiger charge is 2.34. The molecule has 0 spiro atoms. The second-order valence-electron chi connectivity index (χ2n) is 8.17. The molecule has 2 aromatic carbocycles. The number of carbonyl (C=O) groups is 2. The smallest absolute Gasteiger partial charge is 0.275 e. The third-order valence-corrected chi connectivity index (χ3v) is 6.68. The summed E-state index contributed by atoms with van der Waals surface area (Å²) in [6.45, 7) is 0.458. The maximum Gasteiger partial charge on any atom is 0.275 e. The van der Waals surface area contributed by atoms with Crippen molar-refractivity contribution in [2.24, 2.45) is 0 Å². The van der Waals surface area contributed by atoms with Gasteiger partial charge >= 0.3 is 0 Å². The lowest BCUT2D eigenvalue weighted by molar-refractivity contribution is -0.126. The molecule has 1 N–H and O–H groups in total. The summed E-state index contributed by atoms with van der Waals surface area (Å²) in [5.41, 5.74) is 1.53. The predicted octanol–water partition coefficient (Wildman–Crippen LogP) is 4.26. The number of methoxy groups -OCH3 is 3. The molecule has 2 aromatic heterocycles. The van der Waals surface area contributed by atoms with E-state index in [1.54, 1.807) is 12.1 Å². The number of carbonyl (C=O) groups excluding carboxylic acids is 2. The molecule has 0 aliphatic heterocycles. The molecule has 4 aromatic rings. The van der Waals surface area contributed by atoms with E-state index in [-0.39, 0.29) is 24.7 Å². The fourth-order valence-corrected chi connectivity index (χ4v) is 4.72. The Morgan fingerprint density at radius 1 is 0.974 bits per heavy atom. The highest BCUT2D eigenvalue weighted by Crippen LogP contribution is 2.41. The fourth-order valence-electron chi connectivity index (χ4n) is 4.02. The van der Waals surface area contributed by atoms with Crippen LogP contribution in [0.4, 0.5) is 0 Å². The minimum atomic E-state index is -1.05. The minimum Gasteiger partial charge on any atom is -0.493 e. The van der Waals surface area contributed by atoms with Crippen molar-refractivity contribution >= 4 is 23.2 Å². The predicted molar refractivity (Wildman–Crippen MR) is 143 cm³/mol. The first-order valence-electron chi connectivity index (χ1n) is 11.8. The highest BCUT2D eigenvalue weighted by atomic mass is 32.1. The minimum absolute atomic E-state index is 0.123. The van der Waals surface area contributed by atoms with Gasteiger partial charge in [-0.15, -0.1) is 11.3 Å². The van der Waals surface area contributed by atoms with Crippen LogP contribution in [0.5, 0.6) is 17.2 Å². The Kier molecular flexibility index (Phi) is 8.89. The van der Waals surface area contributed by atoms with Crippen LogP contribution in [0.25, 0.3) is 0 Å². The van der Waals surface area contributed by atoms with E-state index in [1.165, 1.54) is 56.2 Å². The number of thiophene rings is 1. The molecule has 4 rings (SSSR count). The van der Waals surface area contributed by atoms with Crippen molar-refractivity contribution < 1.29 is 23.8 Å². The van der Waals surface area contributed by atoms with Crippen LogP contribution in [0.1, 0.15) is 32.5 Å². The molecule has 0 radical (unpaired) electrons. The summed E-state index contributed by atoms with van der Waals surface area (Å²) in [5.74, 6) is 0.292. The molecular formula is C28H28N4O5S. The van der Waals surface area contributed by atoms with E-state index in [9.17, 15) is 9.59 Å². The van der Waals surface area contributed by atoms with Crippen LogP contribution in [0.3, 0.4) is 0 Å². The van der Waals surface area contributed by atoms with Crippen LogP contribution >= 0.6 is 11.3 Å². The molecule has 0 aliphatic carbocycles. The van der Waals surface area contributed by atoms with Crippen molar-refractivity contribution in [2.75, 3.05) is 21.3 Å². The zero-order valence-electron chi connectivity index (χ0n) is 21.3. The summed E-state index contributed by atoms with van der Waals surface area (Å²) < 4.78 is 16.6. The Labute approximate surface area is 225 Å². The number of hydrogen-bond donors (Lipinski definition) is 1. The average Bonchev–Trinajstić information content (AvgIpc) is 3.49. The molecule has 196 valence electrons. The summed E-state index contributed by atoms with van der Waals surface area (Å²) in [6, 6.07) is 15.7. The van der Waals surface area contributed by atoms with Crippen LogP contribution in [-0.4, -0.2) is 48.0 Å². The van der Waals surface area contributed by atoms with E-state index in [0.29, 0.717) is 22.8 Å². The zero-order valence-corrected chi connectivity index (χ0v) is 22.1. The van der Waals surface area contributed by atoms with Gasteiger partial charge in [-0.05, 0) is 34.7 Å². The van der Waals surface area contributed by atoms with E-state index in [2.05, 4.69) is 15.3 Å². The maximum absolute atomic E-state index is 13.9. The van der Waals surface area contributed by atoms with Crippen molar-refractivity contribution in [1.29, 1.82) is 0 Å². The van der Waals surface area contributed by atoms with Gasteiger partial charge in [0.25, 0.3) is 5.91 Å². The molecule has 0 bridgehead atoms. The molecule has 0 unspecified atom stereocenters. The van der Waals surface area contributed by atoms with Gasteiger partial charge in [-0.25, -0.2) is 4.98 Å². The number of rotatable bonds is 11. The summed E-state index contributed by atoms with van der Waals surface area (Å²) in [6.07, 6.45) is 4.32. The van der Waals surface area contributed by atoms with E-state index in [1.807, 2.05) is 47.8 Å². The lowest BCUT2D eigenvalue weighted by atomic mass is 10.0. The summed E-state index contributed by atoms with van der Waals surface area (Å²) in [5, 5.41) is 4.91. The third kappa shape index (κ3) is 6.09. The van der Waals surface area contributed by atoms with Gasteiger partial charge in [0.15, 0.2) is 11.5 Å². The van der Waals surface area contributed by atoms with Crippen molar-refractivity contribution in [3.8, 4) is 17.2 Å². The molecule has 2 amide bonds. The number of amides is 2. The van der Waals surface area contributed by atoms with Gasteiger partial charge < -0.3 is 24.4 Å². The molecule has 0 aliphatic rings. The Balaban J connectivity index is 1.82. The van der Waals surface area contributed by atoms with E-state index in [0.717, 1.165) is 10.4 Å². The first-order chi connectivity index (χ1) is 18.5. The quantitative estimate of drug-likeness (QED) is 0.308. The molecule has 10 heteroatoms. The van der Waals surface area contributed by atoms with Gasteiger partial charge in [-0.3, -0.25) is 14.6 Å². The molecule has 2 heterocycles. The van der Waals surface area contributed by atoms with Crippen LogP contribution in [0.15, 0.2) is 78.6 Å².